The maximum absolute atomic E-state index is 11.3. The van der Waals surface area contributed by atoms with Gasteiger partial charge in [0, 0.05) is 12.3 Å². The zero-order valence-corrected chi connectivity index (χ0v) is 11.2. The van der Waals surface area contributed by atoms with Gasteiger partial charge in [0.1, 0.15) is 5.60 Å². The molecule has 4 heteroatoms. The first-order chi connectivity index (χ1) is 9.68. The van der Waals surface area contributed by atoms with Gasteiger partial charge in [-0.15, -0.1) is 0 Å². The molecule has 1 aromatic rings. The third-order valence-electron chi connectivity index (χ3n) is 4.02. The van der Waals surface area contributed by atoms with E-state index in [1.54, 1.807) is 6.08 Å². The second-order valence-electron chi connectivity index (χ2n) is 5.41. The zero-order chi connectivity index (χ0) is 14.0. The second-order valence-corrected chi connectivity index (χ2v) is 5.41. The van der Waals surface area contributed by atoms with Crippen LogP contribution in [0.4, 0.5) is 0 Å². The molecule has 0 amide bonds. The van der Waals surface area contributed by atoms with E-state index in [1.807, 2.05) is 30.3 Å². The van der Waals surface area contributed by atoms with Crippen molar-refractivity contribution in [3.63, 3.8) is 0 Å². The molecule has 0 spiro atoms. The van der Waals surface area contributed by atoms with Crippen LogP contribution in [-0.4, -0.2) is 35.8 Å². The van der Waals surface area contributed by atoms with Gasteiger partial charge < -0.3 is 14.6 Å². The summed E-state index contributed by atoms with van der Waals surface area (Å²) in [4.78, 5) is 11.3. The summed E-state index contributed by atoms with van der Waals surface area (Å²) in [6.45, 7) is 1.36. The van der Waals surface area contributed by atoms with Crippen LogP contribution >= 0.6 is 0 Å². The fourth-order valence-corrected chi connectivity index (χ4v) is 2.78. The summed E-state index contributed by atoms with van der Waals surface area (Å²) in [5.74, 6) is -0.119. The van der Waals surface area contributed by atoms with Crippen LogP contribution in [0.1, 0.15) is 12.0 Å². The first kappa shape index (κ1) is 13.5. The van der Waals surface area contributed by atoms with E-state index in [0.717, 1.165) is 5.56 Å². The molecule has 0 unspecified atom stereocenters. The van der Waals surface area contributed by atoms with Crippen molar-refractivity contribution in [2.75, 3.05) is 13.2 Å². The molecule has 20 heavy (non-hydrogen) atoms. The van der Waals surface area contributed by atoms with Gasteiger partial charge in [-0.1, -0.05) is 30.3 Å². The summed E-state index contributed by atoms with van der Waals surface area (Å²) in [5.41, 5.74) is 0.0363. The van der Waals surface area contributed by atoms with E-state index in [2.05, 4.69) is 0 Å². The molecule has 0 saturated carbocycles. The third kappa shape index (κ3) is 2.54. The molecule has 4 nitrogen and oxygen atoms in total. The molecule has 106 valence electrons. The maximum atomic E-state index is 11.3. The molecule has 1 aliphatic heterocycles. The van der Waals surface area contributed by atoms with E-state index in [0.29, 0.717) is 19.8 Å². The van der Waals surface area contributed by atoms with Crippen LogP contribution in [0.2, 0.25) is 0 Å². The number of allylic oxidation sites excluding steroid dienone is 1. The highest BCUT2D eigenvalue weighted by atomic mass is 16.5. The first-order valence-corrected chi connectivity index (χ1v) is 6.86. The number of aliphatic hydroxyl groups is 1. The van der Waals surface area contributed by atoms with E-state index in [-0.39, 0.29) is 18.1 Å². The molecule has 1 aliphatic carbocycles. The van der Waals surface area contributed by atoms with Crippen LogP contribution in [0, 0.1) is 5.92 Å². The summed E-state index contributed by atoms with van der Waals surface area (Å²) < 4.78 is 11.2. The number of fused-ring (bicyclic) bond motifs is 1. The summed E-state index contributed by atoms with van der Waals surface area (Å²) in [5, 5.41) is 10.6. The van der Waals surface area contributed by atoms with Crippen molar-refractivity contribution in [2.45, 2.75) is 24.7 Å². The van der Waals surface area contributed by atoms with E-state index in [4.69, 9.17) is 9.47 Å². The molecule has 0 aromatic heterocycles. The summed E-state index contributed by atoms with van der Waals surface area (Å²) in [6.07, 6.45) is 2.86. The molecular weight excluding hydrogens is 256 g/mol. The predicted octanol–water partition coefficient (Wildman–Crippen LogP) is 1.48. The standard InChI is InChI=1S/C16H18O4/c17-14-6-7-16(18)13(11-20-15(16)8-14)10-19-9-12-4-2-1-3-5-12/h1-7,13,15,18H,8-11H2/t13-,15+,16-/m0/s1. The molecule has 1 heterocycles. The Balaban J connectivity index is 1.58. The van der Waals surface area contributed by atoms with Gasteiger partial charge in [-0.05, 0) is 17.7 Å². The monoisotopic (exact) mass is 274 g/mol. The highest BCUT2D eigenvalue weighted by molar-refractivity contribution is 5.91. The van der Waals surface area contributed by atoms with Gasteiger partial charge in [0.05, 0.1) is 25.9 Å². The molecular formula is C16H18O4. The number of ketones is 1. The predicted molar refractivity (Wildman–Crippen MR) is 73.0 cm³/mol. The first-order valence-electron chi connectivity index (χ1n) is 6.86. The van der Waals surface area contributed by atoms with Crippen LogP contribution < -0.4 is 0 Å². The second kappa shape index (κ2) is 5.48. The van der Waals surface area contributed by atoms with Gasteiger partial charge in [-0.2, -0.15) is 0 Å². The minimum absolute atomic E-state index is 0.00512. The van der Waals surface area contributed by atoms with Crippen LogP contribution in [0.15, 0.2) is 42.5 Å². The highest BCUT2D eigenvalue weighted by Gasteiger charge is 2.50. The maximum Gasteiger partial charge on any atom is 0.158 e. The van der Waals surface area contributed by atoms with E-state index in [9.17, 15) is 9.90 Å². The van der Waals surface area contributed by atoms with Crippen molar-refractivity contribution in [3.8, 4) is 0 Å². The number of hydrogen-bond acceptors (Lipinski definition) is 4. The number of hydrogen-bond donors (Lipinski definition) is 1. The minimum Gasteiger partial charge on any atom is -0.383 e. The molecule has 0 radical (unpaired) electrons. The summed E-state index contributed by atoms with van der Waals surface area (Å²) >= 11 is 0. The van der Waals surface area contributed by atoms with Crippen LogP contribution in [0.3, 0.4) is 0 Å². The van der Waals surface area contributed by atoms with Crippen molar-refractivity contribution < 1.29 is 19.4 Å². The van der Waals surface area contributed by atoms with Gasteiger partial charge in [-0.3, -0.25) is 4.79 Å². The zero-order valence-electron chi connectivity index (χ0n) is 11.2. The lowest BCUT2D eigenvalue weighted by Crippen LogP contribution is -2.46. The average Bonchev–Trinajstić information content (AvgIpc) is 2.77. The smallest absolute Gasteiger partial charge is 0.158 e. The Morgan fingerprint density at radius 3 is 2.95 bits per heavy atom. The van der Waals surface area contributed by atoms with Gasteiger partial charge in [0.15, 0.2) is 5.78 Å². The molecule has 3 rings (SSSR count). The molecule has 3 atom stereocenters. The minimum atomic E-state index is -1.06. The van der Waals surface area contributed by atoms with Gasteiger partial charge in [0.25, 0.3) is 0 Å². The Hall–Kier alpha value is -1.49. The number of ether oxygens (including phenoxy) is 2. The average molecular weight is 274 g/mol. The number of carbonyl (C=O) groups excluding carboxylic acids is 1. The number of carbonyl (C=O) groups is 1. The topological polar surface area (TPSA) is 55.8 Å². The molecule has 1 aromatic carbocycles. The third-order valence-corrected chi connectivity index (χ3v) is 4.02. The normalized spacial score (nSPS) is 32.4. The van der Waals surface area contributed by atoms with Crippen molar-refractivity contribution in [3.05, 3.63) is 48.0 Å². The number of benzene rings is 1. The van der Waals surface area contributed by atoms with Gasteiger partial charge >= 0.3 is 0 Å². The van der Waals surface area contributed by atoms with Crippen molar-refractivity contribution in [1.82, 2.24) is 0 Å². The SMILES string of the molecule is O=C1C=C[C@]2(O)[C@@H](COCc3ccccc3)CO[C@@H]2C1. The Kier molecular flexibility index (Phi) is 3.70. The molecule has 0 bridgehead atoms. The largest absolute Gasteiger partial charge is 0.383 e. The van der Waals surface area contributed by atoms with Gasteiger partial charge in [-0.25, -0.2) is 0 Å². The van der Waals surface area contributed by atoms with E-state index < -0.39 is 11.7 Å². The Bertz CT molecular complexity index is 510. The molecule has 2 aliphatic rings. The Morgan fingerprint density at radius 2 is 2.15 bits per heavy atom. The lowest BCUT2D eigenvalue weighted by Gasteiger charge is -2.32. The highest BCUT2D eigenvalue weighted by Crippen LogP contribution is 2.37. The molecule has 1 fully saturated rings. The fraction of sp³-hybridized carbons (Fsp3) is 0.438. The van der Waals surface area contributed by atoms with Crippen LogP contribution in [0.5, 0.6) is 0 Å². The summed E-state index contributed by atoms with van der Waals surface area (Å²) in [6, 6.07) is 9.90. The molecule has 1 saturated heterocycles. The molecule has 1 N–H and O–H groups in total. The van der Waals surface area contributed by atoms with Crippen LogP contribution in [-0.2, 0) is 20.9 Å². The fourth-order valence-electron chi connectivity index (χ4n) is 2.78. The van der Waals surface area contributed by atoms with Crippen molar-refractivity contribution in [1.29, 1.82) is 0 Å². The summed E-state index contributed by atoms with van der Waals surface area (Å²) in [7, 11) is 0. The van der Waals surface area contributed by atoms with Crippen LogP contribution in [0.25, 0.3) is 0 Å². The quantitative estimate of drug-likeness (QED) is 0.903. The van der Waals surface area contributed by atoms with Gasteiger partial charge in [0.2, 0.25) is 0 Å². The van der Waals surface area contributed by atoms with Crippen molar-refractivity contribution >= 4 is 5.78 Å². The lowest BCUT2D eigenvalue weighted by atomic mass is 9.80. The Labute approximate surface area is 118 Å². The van der Waals surface area contributed by atoms with E-state index in [1.165, 1.54) is 6.08 Å². The lowest BCUT2D eigenvalue weighted by molar-refractivity contribution is -0.121. The number of rotatable bonds is 4. The van der Waals surface area contributed by atoms with E-state index >= 15 is 0 Å². The Morgan fingerprint density at radius 1 is 1.35 bits per heavy atom. The van der Waals surface area contributed by atoms with Crippen molar-refractivity contribution in [2.24, 2.45) is 5.92 Å².